The summed E-state index contributed by atoms with van der Waals surface area (Å²) < 4.78 is 34.1. The molecule has 1 aliphatic heterocycles. The van der Waals surface area contributed by atoms with Gasteiger partial charge in [-0.15, -0.1) is 0 Å². The molecule has 2 rings (SSSR count). The smallest absolute Gasteiger partial charge is 0.297 e. The molecule has 1 fully saturated rings. The van der Waals surface area contributed by atoms with Crippen LogP contribution in [-0.4, -0.2) is 61.4 Å². The van der Waals surface area contributed by atoms with Crippen molar-refractivity contribution >= 4 is 10.1 Å². The molecule has 0 amide bonds. The van der Waals surface area contributed by atoms with Gasteiger partial charge in [0.05, 0.1) is 18.1 Å². The van der Waals surface area contributed by atoms with Crippen LogP contribution >= 0.6 is 0 Å². The Hall–Kier alpha value is -1.03. The van der Waals surface area contributed by atoms with Crippen molar-refractivity contribution in [2.75, 3.05) is 19.8 Å². The molecule has 1 aromatic rings. The molecule has 0 spiro atoms. The number of aliphatic hydroxyl groups is 3. The number of hydrogen-bond donors (Lipinski definition) is 3. The minimum absolute atomic E-state index is 0.0331. The topological polar surface area (TPSA) is 113 Å². The van der Waals surface area contributed by atoms with Crippen LogP contribution in [0.5, 0.6) is 0 Å². The molecule has 118 valence electrons. The lowest BCUT2D eigenvalue weighted by atomic mass is 9.98. The zero-order chi connectivity index (χ0) is 15.7. The average molecular weight is 318 g/mol. The van der Waals surface area contributed by atoms with Crippen molar-refractivity contribution in [2.24, 2.45) is 0 Å². The van der Waals surface area contributed by atoms with Gasteiger partial charge in [-0.25, -0.2) is 0 Å². The molecule has 0 aromatic heterocycles. The molecule has 8 heteroatoms. The molecule has 1 aliphatic rings. The molecule has 0 radical (unpaired) electrons. The second kappa shape index (κ2) is 5.99. The zero-order valence-electron chi connectivity index (χ0n) is 11.5. The molecule has 1 aromatic carbocycles. The Labute approximate surface area is 122 Å². The van der Waals surface area contributed by atoms with Gasteiger partial charge in [-0.3, -0.25) is 4.18 Å². The number of ether oxygens (including phenoxy) is 1. The van der Waals surface area contributed by atoms with Gasteiger partial charge in [0.2, 0.25) is 0 Å². The van der Waals surface area contributed by atoms with E-state index in [0.29, 0.717) is 0 Å². The van der Waals surface area contributed by atoms with Gasteiger partial charge in [-0.1, -0.05) is 17.7 Å². The highest BCUT2D eigenvalue weighted by Gasteiger charge is 2.49. The lowest BCUT2D eigenvalue weighted by molar-refractivity contribution is -0.115. The van der Waals surface area contributed by atoms with E-state index in [4.69, 9.17) is 8.92 Å². The summed E-state index contributed by atoms with van der Waals surface area (Å²) in [5, 5.41) is 28.6. The monoisotopic (exact) mass is 318 g/mol. The predicted octanol–water partition coefficient (Wildman–Crippen LogP) is -0.817. The van der Waals surface area contributed by atoms with Gasteiger partial charge in [0.1, 0.15) is 24.4 Å². The van der Waals surface area contributed by atoms with Crippen molar-refractivity contribution < 1.29 is 32.7 Å². The SMILES string of the molecule is Cc1ccc(S(=O)(=O)OC[C@]2(CO)OC[C@@H](O)C2O)cc1. The largest absolute Gasteiger partial charge is 0.393 e. The van der Waals surface area contributed by atoms with Gasteiger partial charge in [-0.2, -0.15) is 8.42 Å². The van der Waals surface area contributed by atoms with Crippen LogP contribution in [0.25, 0.3) is 0 Å². The first kappa shape index (κ1) is 16.3. The van der Waals surface area contributed by atoms with Gasteiger partial charge >= 0.3 is 0 Å². The van der Waals surface area contributed by atoms with E-state index in [1.54, 1.807) is 12.1 Å². The molecule has 0 saturated carbocycles. The molecule has 7 nitrogen and oxygen atoms in total. The number of aliphatic hydroxyl groups excluding tert-OH is 3. The Morgan fingerprint density at radius 3 is 2.43 bits per heavy atom. The van der Waals surface area contributed by atoms with Crippen LogP contribution in [0, 0.1) is 6.92 Å². The standard InChI is InChI=1S/C13H18O7S/c1-9-2-4-10(5-3-9)21(17,18)20-8-13(7-14)12(16)11(15)6-19-13/h2-5,11-12,14-16H,6-8H2,1H3/t11-,12?,13+/m1/s1. The third-order valence-corrected chi connectivity index (χ3v) is 4.76. The second-order valence-electron chi connectivity index (χ2n) is 5.08. The van der Waals surface area contributed by atoms with E-state index < -0.39 is 41.1 Å². The van der Waals surface area contributed by atoms with E-state index in [-0.39, 0.29) is 11.5 Å². The number of rotatable bonds is 5. The van der Waals surface area contributed by atoms with Crippen LogP contribution < -0.4 is 0 Å². The van der Waals surface area contributed by atoms with Gasteiger partial charge in [-0.05, 0) is 19.1 Å². The van der Waals surface area contributed by atoms with Crippen molar-refractivity contribution in [3.05, 3.63) is 29.8 Å². The second-order valence-corrected chi connectivity index (χ2v) is 6.69. The maximum atomic E-state index is 12.0. The van der Waals surface area contributed by atoms with E-state index >= 15 is 0 Å². The summed E-state index contributed by atoms with van der Waals surface area (Å²) in [6.45, 7) is 0.365. The minimum atomic E-state index is -4.04. The maximum absolute atomic E-state index is 12.0. The van der Waals surface area contributed by atoms with Crippen LogP contribution in [0.2, 0.25) is 0 Å². The normalized spacial score (nSPS) is 29.7. The van der Waals surface area contributed by atoms with E-state index in [2.05, 4.69) is 0 Å². The van der Waals surface area contributed by atoms with Crippen LogP contribution in [0.1, 0.15) is 5.56 Å². The highest BCUT2D eigenvalue weighted by atomic mass is 32.2. The molecule has 0 bridgehead atoms. The zero-order valence-corrected chi connectivity index (χ0v) is 12.3. The fourth-order valence-electron chi connectivity index (χ4n) is 2.04. The average Bonchev–Trinajstić information content (AvgIpc) is 2.74. The van der Waals surface area contributed by atoms with Gasteiger partial charge < -0.3 is 20.1 Å². The summed E-state index contributed by atoms with van der Waals surface area (Å²) in [7, 11) is -4.04. The lowest BCUT2D eigenvalue weighted by Gasteiger charge is -2.29. The Kier molecular flexibility index (Phi) is 4.66. The van der Waals surface area contributed by atoms with Crippen LogP contribution in [0.4, 0.5) is 0 Å². The van der Waals surface area contributed by atoms with Crippen molar-refractivity contribution in [2.45, 2.75) is 29.6 Å². The highest BCUT2D eigenvalue weighted by molar-refractivity contribution is 7.86. The molecule has 1 unspecified atom stereocenters. The quantitative estimate of drug-likeness (QED) is 0.608. The first-order chi connectivity index (χ1) is 9.81. The summed E-state index contributed by atoms with van der Waals surface area (Å²) in [5.41, 5.74) is -0.740. The number of benzene rings is 1. The minimum Gasteiger partial charge on any atom is -0.393 e. The fraction of sp³-hybridized carbons (Fsp3) is 0.538. The molecule has 3 atom stereocenters. The van der Waals surface area contributed by atoms with E-state index in [9.17, 15) is 23.7 Å². The van der Waals surface area contributed by atoms with E-state index in [0.717, 1.165) is 5.56 Å². The lowest BCUT2D eigenvalue weighted by Crippen LogP contribution is -2.50. The van der Waals surface area contributed by atoms with Crippen LogP contribution in [0.3, 0.4) is 0 Å². The van der Waals surface area contributed by atoms with Crippen LogP contribution in [0.15, 0.2) is 29.2 Å². The Morgan fingerprint density at radius 1 is 1.33 bits per heavy atom. The molecule has 1 heterocycles. The summed E-state index contributed by atoms with van der Waals surface area (Å²) in [4.78, 5) is -0.0331. The highest BCUT2D eigenvalue weighted by Crippen LogP contribution is 2.28. The predicted molar refractivity (Wildman–Crippen MR) is 72.1 cm³/mol. The van der Waals surface area contributed by atoms with Crippen molar-refractivity contribution in [1.82, 2.24) is 0 Å². The molecule has 0 aliphatic carbocycles. The molecule has 3 N–H and O–H groups in total. The van der Waals surface area contributed by atoms with E-state index in [1.165, 1.54) is 12.1 Å². The van der Waals surface area contributed by atoms with Crippen molar-refractivity contribution in [3.63, 3.8) is 0 Å². The maximum Gasteiger partial charge on any atom is 0.297 e. The third-order valence-electron chi connectivity index (χ3n) is 3.48. The summed E-state index contributed by atoms with van der Waals surface area (Å²) in [5.74, 6) is 0. The van der Waals surface area contributed by atoms with Crippen molar-refractivity contribution in [3.8, 4) is 0 Å². The summed E-state index contributed by atoms with van der Waals surface area (Å²) >= 11 is 0. The van der Waals surface area contributed by atoms with E-state index in [1.807, 2.05) is 6.92 Å². The fourth-order valence-corrected chi connectivity index (χ4v) is 3.00. The first-order valence-corrected chi connectivity index (χ1v) is 7.79. The number of aryl methyl sites for hydroxylation is 1. The molecule has 21 heavy (non-hydrogen) atoms. The number of hydrogen-bond acceptors (Lipinski definition) is 7. The molecular weight excluding hydrogens is 300 g/mol. The Morgan fingerprint density at radius 2 is 1.95 bits per heavy atom. The van der Waals surface area contributed by atoms with Gasteiger partial charge in [0, 0.05) is 0 Å². The summed E-state index contributed by atoms with van der Waals surface area (Å²) in [6, 6.07) is 6.06. The molecule has 1 saturated heterocycles. The summed E-state index contributed by atoms with van der Waals surface area (Å²) in [6.07, 6.45) is -2.61. The third kappa shape index (κ3) is 3.25. The van der Waals surface area contributed by atoms with Crippen LogP contribution in [-0.2, 0) is 19.0 Å². The Balaban J connectivity index is 2.12. The van der Waals surface area contributed by atoms with Gasteiger partial charge in [0.25, 0.3) is 10.1 Å². The Bertz CT molecular complexity index is 583. The van der Waals surface area contributed by atoms with Gasteiger partial charge in [0.15, 0.2) is 0 Å². The van der Waals surface area contributed by atoms with Crippen molar-refractivity contribution in [1.29, 1.82) is 0 Å². The first-order valence-electron chi connectivity index (χ1n) is 6.38. The molecular formula is C13H18O7S.